The molecule has 0 bridgehead atoms. The molecule has 5 nitrogen and oxygen atoms in total. The van der Waals surface area contributed by atoms with Crippen molar-refractivity contribution in [2.24, 2.45) is 0 Å². The Balaban J connectivity index is 2.39. The van der Waals surface area contributed by atoms with Gasteiger partial charge in [-0.2, -0.15) is 15.0 Å². The van der Waals surface area contributed by atoms with Crippen molar-refractivity contribution in [3.63, 3.8) is 0 Å². The molecule has 0 unspecified atom stereocenters. The normalized spacial score (nSPS) is 10.5. The summed E-state index contributed by atoms with van der Waals surface area (Å²) in [5.41, 5.74) is 2.06. The van der Waals surface area contributed by atoms with Gasteiger partial charge in [0.1, 0.15) is 0 Å². The second-order valence-corrected chi connectivity index (χ2v) is 5.18. The van der Waals surface area contributed by atoms with Crippen molar-refractivity contribution in [2.45, 2.75) is 13.8 Å². The lowest BCUT2D eigenvalue weighted by Crippen LogP contribution is -2.24. The van der Waals surface area contributed by atoms with Gasteiger partial charge in [-0.3, -0.25) is 0 Å². The Kier molecular flexibility index (Phi) is 4.96. The van der Waals surface area contributed by atoms with E-state index in [0.717, 1.165) is 24.3 Å². The van der Waals surface area contributed by atoms with E-state index in [1.165, 1.54) is 0 Å². The fourth-order valence-corrected chi connectivity index (χ4v) is 2.18. The van der Waals surface area contributed by atoms with Crippen LogP contribution >= 0.6 is 11.6 Å². The zero-order valence-corrected chi connectivity index (χ0v) is 13.6. The quantitative estimate of drug-likeness (QED) is 0.849. The first-order valence-corrected chi connectivity index (χ1v) is 7.37. The highest BCUT2D eigenvalue weighted by Gasteiger charge is 2.11. The van der Waals surface area contributed by atoms with Crippen molar-refractivity contribution in [1.29, 1.82) is 0 Å². The summed E-state index contributed by atoms with van der Waals surface area (Å²) in [6.45, 7) is 5.78. The van der Waals surface area contributed by atoms with E-state index in [-0.39, 0.29) is 5.28 Å². The van der Waals surface area contributed by atoms with Crippen LogP contribution in [0.1, 0.15) is 13.8 Å². The molecule has 0 saturated carbocycles. The van der Waals surface area contributed by atoms with Crippen LogP contribution in [0.25, 0.3) is 11.4 Å². The van der Waals surface area contributed by atoms with Gasteiger partial charge in [0, 0.05) is 38.4 Å². The van der Waals surface area contributed by atoms with Crippen LogP contribution in [-0.4, -0.2) is 42.1 Å². The van der Waals surface area contributed by atoms with Crippen molar-refractivity contribution in [3.8, 4) is 11.4 Å². The van der Waals surface area contributed by atoms with E-state index in [0.29, 0.717) is 11.8 Å². The number of hydrogen-bond acceptors (Lipinski definition) is 5. The Morgan fingerprint density at radius 2 is 1.57 bits per heavy atom. The van der Waals surface area contributed by atoms with E-state index in [9.17, 15) is 0 Å². The maximum atomic E-state index is 6.04. The molecule has 0 N–H and O–H groups in total. The molecule has 0 aliphatic rings. The van der Waals surface area contributed by atoms with Crippen LogP contribution in [0.2, 0.25) is 5.28 Å². The Morgan fingerprint density at radius 3 is 2.10 bits per heavy atom. The first-order valence-electron chi connectivity index (χ1n) is 6.99. The third kappa shape index (κ3) is 3.61. The molecule has 0 fully saturated rings. The molecule has 0 amide bonds. The van der Waals surface area contributed by atoms with Gasteiger partial charge in [0.2, 0.25) is 11.2 Å². The maximum absolute atomic E-state index is 6.04. The zero-order chi connectivity index (χ0) is 15.4. The first-order chi connectivity index (χ1) is 10.0. The minimum Gasteiger partial charge on any atom is -0.378 e. The van der Waals surface area contributed by atoms with Gasteiger partial charge in [-0.15, -0.1) is 0 Å². The highest BCUT2D eigenvalue weighted by atomic mass is 35.5. The molecular formula is C15H20ClN5. The number of halogens is 1. The summed E-state index contributed by atoms with van der Waals surface area (Å²) in [6, 6.07) is 8.05. The van der Waals surface area contributed by atoms with Crippen LogP contribution in [0.3, 0.4) is 0 Å². The standard InChI is InChI=1S/C15H20ClN5/c1-5-21(6-2)15-18-13(17-14(16)19-15)11-7-9-12(10-8-11)20(3)4/h7-10H,5-6H2,1-4H3. The summed E-state index contributed by atoms with van der Waals surface area (Å²) in [5, 5.41) is 0.221. The average Bonchev–Trinajstić information content (AvgIpc) is 2.48. The summed E-state index contributed by atoms with van der Waals surface area (Å²) < 4.78 is 0. The zero-order valence-electron chi connectivity index (χ0n) is 12.8. The lowest BCUT2D eigenvalue weighted by atomic mass is 10.2. The van der Waals surface area contributed by atoms with E-state index in [1.807, 2.05) is 48.2 Å². The monoisotopic (exact) mass is 305 g/mol. The van der Waals surface area contributed by atoms with Gasteiger partial charge in [-0.1, -0.05) is 0 Å². The van der Waals surface area contributed by atoms with Crippen LogP contribution in [0.5, 0.6) is 0 Å². The number of anilines is 2. The summed E-state index contributed by atoms with van der Waals surface area (Å²) in [4.78, 5) is 17.1. The third-order valence-electron chi connectivity index (χ3n) is 3.28. The fourth-order valence-electron chi connectivity index (χ4n) is 2.03. The molecule has 0 saturated heterocycles. The van der Waals surface area contributed by atoms with E-state index in [4.69, 9.17) is 11.6 Å². The molecule has 0 aliphatic heterocycles. The predicted molar refractivity (Wildman–Crippen MR) is 88.2 cm³/mol. The summed E-state index contributed by atoms with van der Waals surface area (Å²) in [5.74, 6) is 1.22. The molecule has 112 valence electrons. The molecule has 6 heteroatoms. The second kappa shape index (κ2) is 6.72. The molecule has 1 aromatic carbocycles. The van der Waals surface area contributed by atoms with Crippen LogP contribution < -0.4 is 9.80 Å². The molecule has 0 spiro atoms. The van der Waals surface area contributed by atoms with Crippen LogP contribution in [-0.2, 0) is 0 Å². The van der Waals surface area contributed by atoms with Gasteiger partial charge in [0.15, 0.2) is 5.82 Å². The smallest absolute Gasteiger partial charge is 0.230 e. The molecule has 2 aromatic rings. The Morgan fingerprint density at radius 1 is 0.952 bits per heavy atom. The summed E-state index contributed by atoms with van der Waals surface area (Å²) in [6.07, 6.45) is 0. The van der Waals surface area contributed by atoms with E-state index in [1.54, 1.807) is 0 Å². The number of benzene rings is 1. The van der Waals surface area contributed by atoms with Crippen LogP contribution in [0.15, 0.2) is 24.3 Å². The molecule has 2 rings (SSSR count). The lowest BCUT2D eigenvalue weighted by molar-refractivity contribution is 0.813. The van der Waals surface area contributed by atoms with Crippen molar-refractivity contribution in [1.82, 2.24) is 15.0 Å². The maximum Gasteiger partial charge on any atom is 0.230 e. The van der Waals surface area contributed by atoms with Crippen molar-refractivity contribution in [2.75, 3.05) is 37.0 Å². The summed E-state index contributed by atoms with van der Waals surface area (Å²) >= 11 is 6.04. The predicted octanol–water partition coefficient (Wildman–Crippen LogP) is 3.10. The van der Waals surface area contributed by atoms with Crippen molar-refractivity contribution >= 4 is 23.2 Å². The van der Waals surface area contributed by atoms with E-state index < -0.39 is 0 Å². The second-order valence-electron chi connectivity index (χ2n) is 4.84. The van der Waals surface area contributed by atoms with Gasteiger partial charge in [-0.25, -0.2) is 0 Å². The molecule has 0 aliphatic carbocycles. The number of rotatable bonds is 5. The Hall–Kier alpha value is -1.88. The largest absolute Gasteiger partial charge is 0.378 e. The van der Waals surface area contributed by atoms with Gasteiger partial charge < -0.3 is 9.80 Å². The first kappa shape index (κ1) is 15.5. The SMILES string of the molecule is CCN(CC)c1nc(Cl)nc(-c2ccc(N(C)C)cc2)n1. The summed E-state index contributed by atoms with van der Waals surface area (Å²) in [7, 11) is 4.01. The van der Waals surface area contributed by atoms with Crippen LogP contribution in [0, 0.1) is 0 Å². The van der Waals surface area contributed by atoms with E-state index >= 15 is 0 Å². The van der Waals surface area contributed by atoms with Gasteiger partial charge in [0.25, 0.3) is 0 Å². The molecule has 1 aromatic heterocycles. The molecule has 1 heterocycles. The van der Waals surface area contributed by atoms with Crippen LogP contribution in [0.4, 0.5) is 11.6 Å². The van der Waals surface area contributed by atoms with E-state index in [2.05, 4.69) is 28.8 Å². The van der Waals surface area contributed by atoms with Gasteiger partial charge >= 0.3 is 0 Å². The van der Waals surface area contributed by atoms with Gasteiger partial charge in [-0.05, 0) is 49.7 Å². The fraction of sp³-hybridized carbons (Fsp3) is 0.400. The number of hydrogen-bond donors (Lipinski definition) is 0. The Labute approximate surface area is 130 Å². The lowest BCUT2D eigenvalue weighted by Gasteiger charge is -2.18. The third-order valence-corrected chi connectivity index (χ3v) is 3.45. The number of nitrogens with zero attached hydrogens (tertiary/aromatic N) is 5. The topological polar surface area (TPSA) is 45.2 Å². The average molecular weight is 306 g/mol. The highest BCUT2D eigenvalue weighted by Crippen LogP contribution is 2.22. The minimum atomic E-state index is 0.221. The molecular weight excluding hydrogens is 286 g/mol. The van der Waals surface area contributed by atoms with Crippen molar-refractivity contribution < 1.29 is 0 Å². The number of aromatic nitrogens is 3. The Bertz CT molecular complexity index is 594. The minimum absolute atomic E-state index is 0.221. The van der Waals surface area contributed by atoms with Crippen molar-refractivity contribution in [3.05, 3.63) is 29.5 Å². The molecule has 21 heavy (non-hydrogen) atoms. The van der Waals surface area contributed by atoms with Gasteiger partial charge in [0.05, 0.1) is 0 Å². The molecule has 0 radical (unpaired) electrons. The molecule has 0 atom stereocenters. The highest BCUT2D eigenvalue weighted by molar-refractivity contribution is 6.28.